The van der Waals surface area contributed by atoms with E-state index in [1.807, 2.05) is 12.1 Å². The second-order valence-electron chi connectivity index (χ2n) is 5.58. The molecule has 4 heteroatoms. The molecular formula is C18H14N4. The number of rotatable bonds is 3. The number of fused-ring (bicyclic) bond motifs is 1. The van der Waals surface area contributed by atoms with Crippen molar-refractivity contribution in [2.75, 3.05) is 5.32 Å². The summed E-state index contributed by atoms with van der Waals surface area (Å²) in [4.78, 5) is 8.37. The Labute approximate surface area is 128 Å². The number of hydrogen-bond donors (Lipinski definition) is 1. The number of aromatic nitrogens is 2. The topological polar surface area (TPSA) is 61.6 Å². The third-order valence-electron chi connectivity index (χ3n) is 4.00. The molecular weight excluding hydrogens is 272 g/mol. The van der Waals surface area contributed by atoms with Crippen LogP contribution in [0, 0.1) is 11.3 Å². The smallest absolute Gasteiger partial charge is 0.103 e. The minimum atomic E-state index is 0.538. The van der Waals surface area contributed by atoms with Gasteiger partial charge < -0.3 is 5.32 Å². The van der Waals surface area contributed by atoms with E-state index in [0.29, 0.717) is 11.5 Å². The van der Waals surface area contributed by atoms with Crippen LogP contribution in [0.3, 0.4) is 0 Å². The molecule has 0 saturated heterocycles. The van der Waals surface area contributed by atoms with Crippen LogP contribution >= 0.6 is 0 Å². The molecule has 1 N–H and O–H groups in total. The Hall–Kier alpha value is -2.93. The number of anilines is 2. The summed E-state index contributed by atoms with van der Waals surface area (Å²) >= 11 is 0. The molecule has 1 fully saturated rings. The summed E-state index contributed by atoms with van der Waals surface area (Å²) in [5.41, 5.74) is 4.48. The van der Waals surface area contributed by atoms with Crippen LogP contribution in [0.1, 0.15) is 29.9 Å². The number of pyridine rings is 2. The molecule has 0 unspecified atom stereocenters. The molecule has 22 heavy (non-hydrogen) atoms. The fraction of sp³-hybridized carbons (Fsp3) is 0.167. The molecule has 1 aromatic carbocycles. The summed E-state index contributed by atoms with van der Waals surface area (Å²) < 4.78 is 0. The summed E-state index contributed by atoms with van der Waals surface area (Å²) in [7, 11) is 0. The average molecular weight is 286 g/mol. The summed E-state index contributed by atoms with van der Waals surface area (Å²) in [6.45, 7) is 0. The van der Waals surface area contributed by atoms with E-state index in [4.69, 9.17) is 0 Å². The largest absolute Gasteiger partial charge is 0.354 e. The lowest BCUT2D eigenvalue weighted by Gasteiger charge is -2.12. The molecule has 1 aliphatic carbocycles. The maximum absolute atomic E-state index is 9.36. The van der Waals surface area contributed by atoms with Crippen molar-refractivity contribution in [1.29, 1.82) is 5.26 Å². The summed E-state index contributed by atoms with van der Waals surface area (Å²) in [5, 5.41) is 13.7. The first-order chi connectivity index (χ1) is 10.8. The van der Waals surface area contributed by atoms with Crippen LogP contribution in [-0.4, -0.2) is 9.97 Å². The minimum Gasteiger partial charge on any atom is -0.354 e. The molecule has 1 saturated carbocycles. The molecule has 0 atom stereocenters. The lowest BCUT2D eigenvalue weighted by molar-refractivity contribution is 1.13. The molecule has 4 nitrogen and oxygen atoms in total. The number of nitrogens with zero attached hydrogens (tertiary/aromatic N) is 3. The molecule has 4 rings (SSSR count). The molecule has 0 aliphatic heterocycles. The predicted molar refractivity (Wildman–Crippen MR) is 86.0 cm³/mol. The van der Waals surface area contributed by atoms with Crippen LogP contribution in [-0.2, 0) is 0 Å². The van der Waals surface area contributed by atoms with Crippen molar-refractivity contribution in [3.05, 3.63) is 60.0 Å². The van der Waals surface area contributed by atoms with Crippen molar-refractivity contribution < 1.29 is 0 Å². The third kappa shape index (κ3) is 2.27. The molecule has 1 aliphatic rings. The molecule has 2 heterocycles. The van der Waals surface area contributed by atoms with Gasteiger partial charge in [0.25, 0.3) is 0 Å². The zero-order chi connectivity index (χ0) is 14.9. The van der Waals surface area contributed by atoms with Crippen LogP contribution in [0.15, 0.2) is 48.9 Å². The van der Waals surface area contributed by atoms with E-state index in [-0.39, 0.29) is 0 Å². The normalized spacial score (nSPS) is 13.8. The molecule has 106 valence electrons. The third-order valence-corrected chi connectivity index (χ3v) is 4.00. The van der Waals surface area contributed by atoms with Crippen molar-refractivity contribution in [3.8, 4) is 6.07 Å². The molecule has 0 amide bonds. The van der Waals surface area contributed by atoms with Crippen LogP contribution in [0.25, 0.3) is 10.9 Å². The first kappa shape index (κ1) is 12.8. The number of nitrogens with one attached hydrogen (secondary N) is 1. The van der Waals surface area contributed by atoms with Gasteiger partial charge >= 0.3 is 0 Å². The van der Waals surface area contributed by atoms with Crippen LogP contribution in [0.2, 0.25) is 0 Å². The fourth-order valence-corrected chi connectivity index (χ4v) is 2.69. The standard InChI is InChI=1S/C18H14N4/c19-9-14-10-21-17-11-20-7-6-16(17)18(14)22-15-3-1-2-13(8-15)12-4-5-12/h1-3,6-8,10-12H,4-5H2,(H,21,22). The second kappa shape index (κ2) is 5.12. The lowest BCUT2D eigenvalue weighted by Crippen LogP contribution is -1.97. The van der Waals surface area contributed by atoms with Gasteiger partial charge in [0.2, 0.25) is 0 Å². The average Bonchev–Trinajstić information content (AvgIpc) is 3.40. The van der Waals surface area contributed by atoms with E-state index >= 15 is 0 Å². The van der Waals surface area contributed by atoms with Crippen molar-refractivity contribution in [2.45, 2.75) is 18.8 Å². The lowest BCUT2D eigenvalue weighted by atomic mass is 10.1. The Morgan fingerprint density at radius 3 is 2.91 bits per heavy atom. The Bertz CT molecular complexity index is 891. The van der Waals surface area contributed by atoms with Crippen molar-refractivity contribution >= 4 is 22.3 Å². The highest BCUT2D eigenvalue weighted by Gasteiger charge is 2.23. The maximum Gasteiger partial charge on any atom is 0.103 e. The van der Waals surface area contributed by atoms with Crippen LogP contribution < -0.4 is 5.32 Å². The fourth-order valence-electron chi connectivity index (χ4n) is 2.69. The van der Waals surface area contributed by atoms with Crippen molar-refractivity contribution in [2.24, 2.45) is 0 Å². The Morgan fingerprint density at radius 2 is 2.09 bits per heavy atom. The van der Waals surface area contributed by atoms with E-state index < -0.39 is 0 Å². The molecule has 0 bridgehead atoms. The molecule has 0 radical (unpaired) electrons. The van der Waals surface area contributed by atoms with Crippen LogP contribution in [0.5, 0.6) is 0 Å². The van der Waals surface area contributed by atoms with E-state index in [9.17, 15) is 5.26 Å². The highest BCUT2D eigenvalue weighted by atomic mass is 14.9. The minimum absolute atomic E-state index is 0.538. The monoisotopic (exact) mass is 286 g/mol. The van der Waals surface area contributed by atoms with Gasteiger partial charge in [-0.1, -0.05) is 12.1 Å². The highest BCUT2D eigenvalue weighted by Crippen LogP contribution is 2.41. The van der Waals surface area contributed by atoms with Gasteiger partial charge in [0.1, 0.15) is 6.07 Å². The molecule has 3 aromatic rings. The maximum atomic E-state index is 9.36. The van der Waals surface area contributed by atoms with E-state index in [1.54, 1.807) is 18.6 Å². The van der Waals surface area contributed by atoms with Gasteiger partial charge in [0.15, 0.2) is 0 Å². The van der Waals surface area contributed by atoms with E-state index in [0.717, 1.165) is 22.3 Å². The first-order valence-electron chi connectivity index (χ1n) is 7.35. The van der Waals surface area contributed by atoms with Gasteiger partial charge in [-0.2, -0.15) is 5.26 Å². The quantitative estimate of drug-likeness (QED) is 0.786. The van der Waals surface area contributed by atoms with Gasteiger partial charge in [0, 0.05) is 23.5 Å². The summed E-state index contributed by atoms with van der Waals surface area (Å²) in [6.07, 6.45) is 7.57. The highest BCUT2D eigenvalue weighted by molar-refractivity contribution is 5.95. The number of hydrogen-bond acceptors (Lipinski definition) is 4. The SMILES string of the molecule is N#Cc1cnc2cnccc2c1Nc1cccc(C2CC2)c1. The van der Waals surface area contributed by atoms with E-state index in [2.05, 4.69) is 39.6 Å². The number of benzene rings is 1. The summed E-state index contributed by atoms with van der Waals surface area (Å²) in [5.74, 6) is 0.704. The molecule has 0 spiro atoms. The van der Waals surface area contributed by atoms with Gasteiger partial charge in [-0.25, -0.2) is 0 Å². The first-order valence-corrected chi connectivity index (χ1v) is 7.35. The summed E-state index contributed by atoms with van der Waals surface area (Å²) in [6, 6.07) is 12.5. The van der Waals surface area contributed by atoms with Crippen molar-refractivity contribution in [3.63, 3.8) is 0 Å². The van der Waals surface area contributed by atoms with Crippen LogP contribution in [0.4, 0.5) is 11.4 Å². The van der Waals surface area contributed by atoms with Crippen molar-refractivity contribution in [1.82, 2.24) is 9.97 Å². The molecule has 2 aromatic heterocycles. The second-order valence-corrected chi connectivity index (χ2v) is 5.58. The zero-order valence-corrected chi connectivity index (χ0v) is 12.0. The zero-order valence-electron chi connectivity index (χ0n) is 12.0. The van der Waals surface area contributed by atoms with Gasteiger partial charge in [-0.15, -0.1) is 0 Å². The van der Waals surface area contributed by atoms with Gasteiger partial charge in [-0.3, -0.25) is 9.97 Å². The number of nitriles is 1. The van der Waals surface area contributed by atoms with E-state index in [1.165, 1.54) is 18.4 Å². The van der Waals surface area contributed by atoms with Gasteiger partial charge in [-0.05, 0) is 42.5 Å². The Morgan fingerprint density at radius 1 is 1.18 bits per heavy atom. The predicted octanol–water partition coefficient (Wildman–Crippen LogP) is 4.12. The Kier molecular flexibility index (Phi) is 2.97. The van der Waals surface area contributed by atoms with Gasteiger partial charge in [0.05, 0.1) is 23.0 Å². The Balaban J connectivity index is 1.80.